The Morgan fingerprint density at radius 1 is 1.24 bits per heavy atom. The fourth-order valence-electron chi connectivity index (χ4n) is 2.71. The number of nitrogens with one attached hydrogen (secondary N) is 1. The molecule has 1 aliphatic rings. The molecule has 4 nitrogen and oxygen atoms in total. The maximum Gasteiger partial charge on any atom is 0.254 e. The van der Waals surface area contributed by atoms with Gasteiger partial charge in [-0.1, -0.05) is 32.0 Å². The third-order valence-corrected chi connectivity index (χ3v) is 3.96. The van der Waals surface area contributed by atoms with E-state index in [0.29, 0.717) is 5.92 Å². The van der Waals surface area contributed by atoms with Crippen LogP contribution in [0.4, 0.5) is 0 Å². The summed E-state index contributed by atoms with van der Waals surface area (Å²) in [6, 6.07) is 9.88. The first-order chi connectivity index (χ1) is 10.2. The molecule has 0 unspecified atom stereocenters. The molecular formula is C17H21N3O. The minimum Gasteiger partial charge on any atom is -0.336 e. The SMILES string of the molecule is CC(C)c1cc(C(=O)N2CCNCC2)c2ccccc2n1. The molecule has 0 spiro atoms. The quantitative estimate of drug-likeness (QED) is 0.920. The summed E-state index contributed by atoms with van der Waals surface area (Å²) in [4.78, 5) is 19.5. The minimum atomic E-state index is 0.122. The van der Waals surface area contributed by atoms with E-state index in [1.165, 1.54) is 0 Å². The number of hydrogen-bond donors (Lipinski definition) is 1. The largest absolute Gasteiger partial charge is 0.336 e. The summed E-state index contributed by atoms with van der Waals surface area (Å²) in [5.74, 6) is 0.432. The van der Waals surface area contributed by atoms with Gasteiger partial charge in [-0.15, -0.1) is 0 Å². The van der Waals surface area contributed by atoms with Crippen LogP contribution in [0.3, 0.4) is 0 Å². The Morgan fingerprint density at radius 3 is 2.67 bits per heavy atom. The van der Waals surface area contributed by atoms with Crippen molar-refractivity contribution in [2.24, 2.45) is 0 Å². The molecule has 0 saturated carbocycles. The van der Waals surface area contributed by atoms with E-state index < -0.39 is 0 Å². The molecule has 1 aromatic carbocycles. The van der Waals surface area contributed by atoms with Crippen molar-refractivity contribution in [1.29, 1.82) is 0 Å². The molecule has 1 fully saturated rings. The van der Waals surface area contributed by atoms with Gasteiger partial charge < -0.3 is 10.2 Å². The number of rotatable bonds is 2. The smallest absolute Gasteiger partial charge is 0.254 e. The van der Waals surface area contributed by atoms with Gasteiger partial charge in [0, 0.05) is 37.3 Å². The van der Waals surface area contributed by atoms with Crippen LogP contribution in [-0.2, 0) is 0 Å². The Kier molecular flexibility index (Phi) is 3.88. The maximum atomic E-state index is 12.9. The van der Waals surface area contributed by atoms with Crippen LogP contribution in [0.2, 0.25) is 0 Å². The lowest BCUT2D eigenvalue weighted by Crippen LogP contribution is -2.46. The predicted molar refractivity (Wildman–Crippen MR) is 84.6 cm³/mol. The summed E-state index contributed by atoms with van der Waals surface area (Å²) < 4.78 is 0. The van der Waals surface area contributed by atoms with Crippen molar-refractivity contribution in [2.75, 3.05) is 26.2 Å². The highest BCUT2D eigenvalue weighted by Gasteiger charge is 2.21. The van der Waals surface area contributed by atoms with E-state index >= 15 is 0 Å². The van der Waals surface area contributed by atoms with Gasteiger partial charge in [0.15, 0.2) is 0 Å². The third kappa shape index (κ3) is 2.76. The predicted octanol–water partition coefficient (Wildman–Crippen LogP) is 2.40. The Balaban J connectivity index is 2.08. The zero-order chi connectivity index (χ0) is 14.8. The number of pyridine rings is 1. The number of nitrogens with zero attached hydrogens (tertiary/aromatic N) is 2. The van der Waals surface area contributed by atoms with E-state index in [1.54, 1.807) is 0 Å². The van der Waals surface area contributed by atoms with E-state index in [4.69, 9.17) is 0 Å². The zero-order valence-electron chi connectivity index (χ0n) is 12.6. The number of fused-ring (bicyclic) bond motifs is 1. The number of carbonyl (C=O) groups excluding carboxylic acids is 1. The molecule has 1 amide bonds. The lowest BCUT2D eigenvalue weighted by atomic mass is 10.0. The second kappa shape index (κ2) is 5.82. The van der Waals surface area contributed by atoms with Crippen LogP contribution in [-0.4, -0.2) is 42.0 Å². The van der Waals surface area contributed by atoms with Gasteiger partial charge in [-0.25, -0.2) is 0 Å². The first kappa shape index (κ1) is 14.0. The first-order valence-corrected chi connectivity index (χ1v) is 7.56. The van der Waals surface area contributed by atoms with Gasteiger partial charge in [-0.2, -0.15) is 0 Å². The van der Waals surface area contributed by atoms with Crippen molar-refractivity contribution >= 4 is 16.8 Å². The topological polar surface area (TPSA) is 45.2 Å². The van der Waals surface area contributed by atoms with Crippen LogP contribution in [0.15, 0.2) is 30.3 Å². The van der Waals surface area contributed by atoms with Crippen molar-refractivity contribution in [3.05, 3.63) is 41.6 Å². The highest BCUT2D eigenvalue weighted by atomic mass is 16.2. The van der Waals surface area contributed by atoms with Crippen LogP contribution < -0.4 is 5.32 Å². The second-order valence-electron chi connectivity index (χ2n) is 5.81. The monoisotopic (exact) mass is 283 g/mol. The number of piperazine rings is 1. The highest BCUT2D eigenvalue weighted by molar-refractivity contribution is 6.06. The number of amides is 1. The number of hydrogen-bond acceptors (Lipinski definition) is 3. The number of benzene rings is 1. The van der Waals surface area contributed by atoms with Crippen molar-refractivity contribution in [2.45, 2.75) is 19.8 Å². The Hall–Kier alpha value is -1.94. The van der Waals surface area contributed by atoms with Crippen molar-refractivity contribution in [3.63, 3.8) is 0 Å². The summed E-state index contributed by atoms with van der Waals surface area (Å²) in [6.07, 6.45) is 0. The molecule has 3 rings (SSSR count). The van der Waals surface area contributed by atoms with Crippen molar-refractivity contribution in [3.8, 4) is 0 Å². The molecule has 0 aliphatic carbocycles. The molecule has 1 saturated heterocycles. The summed E-state index contributed by atoms with van der Waals surface area (Å²) in [5, 5.41) is 4.23. The van der Waals surface area contributed by atoms with Crippen LogP contribution >= 0.6 is 0 Å². The molecule has 4 heteroatoms. The fourth-order valence-corrected chi connectivity index (χ4v) is 2.71. The second-order valence-corrected chi connectivity index (χ2v) is 5.81. The molecular weight excluding hydrogens is 262 g/mol. The summed E-state index contributed by atoms with van der Waals surface area (Å²) in [5.41, 5.74) is 2.67. The Labute approximate surface area is 125 Å². The first-order valence-electron chi connectivity index (χ1n) is 7.56. The minimum absolute atomic E-state index is 0.122. The van der Waals surface area contributed by atoms with Gasteiger partial charge in [0.25, 0.3) is 5.91 Å². The molecule has 110 valence electrons. The molecule has 0 radical (unpaired) electrons. The molecule has 0 bridgehead atoms. The van der Waals surface area contributed by atoms with E-state index in [9.17, 15) is 4.79 Å². The van der Waals surface area contributed by atoms with Gasteiger partial charge >= 0.3 is 0 Å². The summed E-state index contributed by atoms with van der Waals surface area (Å²) >= 11 is 0. The highest BCUT2D eigenvalue weighted by Crippen LogP contribution is 2.23. The average Bonchev–Trinajstić information content (AvgIpc) is 2.54. The van der Waals surface area contributed by atoms with Gasteiger partial charge in [0.1, 0.15) is 0 Å². The standard InChI is InChI=1S/C17H21N3O/c1-12(2)16-11-14(13-5-3-4-6-15(13)19-16)17(21)20-9-7-18-8-10-20/h3-6,11-12,18H,7-10H2,1-2H3. The van der Waals surface area contributed by atoms with E-state index in [1.807, 2.05) is 35.2 Å². The molecule has 21 heavy (non-hydrogen) atoms. The third-order valence-electron chi connectivity index (χ3n) is 3.96. The van der Waals surface area contributed by atoms with Gasteiger partial charge in [-0.05, 0) is 18.1 Å². The normalized spacial score (nSPS) is 15.7. The van der Waals surface area contributed by atoms with E-state index in [2.05, 4.69) is 24.1 Å². The van der Waals surface area contributed by atoms with Gasteiger partial charge in [-0.3, -0.25) is 9.78 Å². The molecule has 1 aliphatic heterocycles. The summed E-state index contributed by atoms with van der Waals surface area (Å²) in [7, 11) is 0. The van der Waals surface area contributed by atoms with E-state index in [-0.39, 0.29) is 5.91 Å². The fraction of sp³-hybridized carbons (Fsp3) is 0.412. The lowest BCUT2D eigenvalue weighted by Gasteiger charge is -2.28. The molecule has 2 aromatic rings. The van der Waals surface area contributed by atoms with Crippen LogP contribution in [0.25, 0.3) is 10.9 Å². The van der Waals surface area contributed by atoms with Gasteiger partial charge in [0.2, 0.25) is 0 Å². The molecule has 2 heterocycles. The van der Waals surface area contributed by atoms with Crippen LogP contribution in [0, 0.1) is 0 Å². The van der Waals surface area contributed by atoms with Crippen LogP contribution in [0.1, 0.15) is 35.8 Å². The molecule has 1 N–H and O–H groups in total. The van der Waals surface area contributed by atoms with Crippen LogP contribution in [0.5, 0.6) is 0 Å². The Bertz CT molecular complexity index is 660. The number of carbonyl (C=O) groups is 1. The van der Waals surface area contributed by atoms with Crippen molar-refractivity contribution in [1.82, 2.24) is 15.2 Å². The van der Waals surface area contributed by atoms with Crippen molar-refractivity contribution < 1.29 is 4.79 Å². The summed E-state index contributed by atoms with van der Waals surface area (Å²) in [6.45, 7) is 7.49. The number of para-hydroxylation sites is 1. The van der Waals surface area contributed by atoms with Gasteiger partial charge in [0.05, 0.1) is 11.1 Å². The number of aromatic nitrogens is 1. The molecule has 0 atom stereocenters. The Morgan fingerprint density at radius 2 is 1.95 bits per heavy atom. The average molecular weight is 283 g/mol. The van der Waals surface area contributed by atoms with E-state index in [0.717, 1.165) is 48.3 Å². The zero-order valence-corrected chi connectivity index (χ0v) is 12.6. The lowest BCUT2D eigenvalue weighted by molar-refractivity contribution is 0.0737. The molecule has 1 aromatic heterocycles. The maximum absolute atomic E-state index is 12.9.